The van der Waals surface area contributed by atoms with Crippen LogP contribution in [-0.2, 0) is 4.79 Å². The zero-order valence-electron chi connectivity index (χ0n) is 13.0. The number of piperidine rings is 1. The largest absolute Gasteiger partial charge is 0.356 e. The summed E-state index contributed by atoms with van der Waals surface area (Å²) in [5, 5.41) is 7.80. The maximum atomic E-state index is 12.2. The Bertz CT molecular complexity index is 547. The van der Waals surface area contributed by atoms with Crippen molar-refractivity contribution in [1.29, 1.82) is 0 Å². The summed E-state index contributed by atoms with van der Waals surface area (Å²) >= 11 is 12.1. The van der Waals surface area contributed by atoms with Crippen molar-refractivity contribution in [2.45, 2.75) is 31.6 Å². The van der Waals surface area contributed by atoms with Crippen molar-refractivity contribution in [3.63, 3.8) is 0 Å². The molecule has 1 saturated heterocycles. The van der Waals surface area contributed by atoms with Crippen LogP contribution in [0.3, 0.4) is 0 Å². The summed E-state index contributed by atoms with van der Waals surface area (Å²) in [6.45, 7) is 3.00. The van der Waals surface area contributed by atoms with E-state index in [4.69, 9.17) is 23.2 Å². The predicted octanol–water partition coefficient (Wildman–Crippen LogP) is 4.02. The van der Waals surface area contributed by atoms with E-state index in [0.29, 0.717) is 16.0 Å². The highest BCUT2D eigenvalue weighted by molar-refractivity contribution is 6.35. The summed E-state index contributed by atoms with van der Waals surface area (Å²) in [5.74, 6) is 1.19. The van der Waals surface area contributed by atoms with Gasteiger partial charge in [0.1, 0.15) is 0 Å². The van der Waals surface area contributed by atoms with Gasteiger partial charge in [-0.15, -0.1) is 12.4 Å². The lowest BCUT2D eigenvalue weighted by Gasteiger charge is -2.22. The molecule has 2 fully saturated rings. The van der Waals surface area contributed by atoms with Crippen molar-refractivity contribution >= 4 is 41.5 Å². The summed E-state index contributed by atoms with van der Waals surface area (Å²) in [4.78, 5) is 12.2. The highest BCUT2D eigenvalue weighted by Gasteiger charge is 2.44. The maximum Gasteiger partial charge on any atom is 0.223 e. The molecule has 0 spiro atoms. The first-order valence-electron chi connectivity index (χ1n) is 8.08. The van der Waals surface area contributed by atoms with Crippen LogP contribution in [0.25, 0.3) is 0 Å². The van der Waals surface area contributed by atoms with Gasteiger partial charge in [0, 0.05) is 22.5 Å². The van der Waals surface area contributed by atoms with Gasteiger partial charge >= 0.3 is 0 Å². The lowest BCUT2D eigenvalue weighted by Crippen LogP contribution is -2.33. The summed E-state index contributed by atoms with van der Waals surface area (Å²) in [6.07, 6.45) is 4.48. The second-order valence-corrected chi connectivity index (χ2v) is 7.25. The first kappa shape index (κ1) is 18.9. The summed E-state index contributed by atoms with van der Waals surface area (Å²) in [7, 11) is 0. The fourth-order valence-corrected chi connectivity index (χ4v) is 3.88. The molecule has 3 atom stereocenters. The summed E-state index contributed by atoms with van der Waals surface area (Å²) < 4.78 is 0. The molecule has 1 heterocycles. The fourth-order valence-electron chi connectivity index (χ4n) is 3.33. The van der Waals surface area contributed by atoms with Gasteiger partial charge in [-0.1, -0.05) is 29.3 Å². The Morgan fingerprint density at radius 2 is 2.17 bits per heavy atom. The SMILES string of the molecule is Cl.O=C(NCCC1CCCNC1)C1CC1c1ccc(Cl)cc1Cl. The number of hydrogen-bond donors (Lipinski definition) is 2. The van der Waals surface area contributed by atoms with Gasteiger partial charge in [-0.05, 0) is 68.3 Å². The molecule has 6 heteroatoms. The minimum atomic E-state index is 0. The van der Waals surface area contributed by atoms with Crippen LogP contribution in [0.5, 0.6) is 0 Å². The number of hydrogen-bond acceptors (Lipinski definition) is 2. The number of carbonyl (C=O) groups excluding carboxylic acids is 1. The molecule has 1 aliphatic heterocycles. The van der Waals surface area contributed by atoms with E-state index in [9.17, 15) is 4.79 Å². The van der Waals surface area contributed by atoms with E-state index < -0.39 is 0 Å². The van der Waals surface area contributed by atoms with E-state index in [-0.39, 0.29) is 30.2 Å². The standard InChI is InChI=1S/C17H22Cl2N2O.ClH/c18-12-3-4-13(16(19)8-12)14-9-15(14)17(22)21-7-5-11-2-1-6-20-10-11;/h3-4,8,11,14-15,20H,1-2,5-7,9-10H2,(H,21,22);1H. The normalized spacial score (nSPS) is 26.3. The Labute approximate surface area is 153 Å². The average Bonchev–Trinajstić information content (AvgIpc) is 3.28. The van der Waals surface area contributed by atoms with Gasteiger partial charge in [-0.3, -0.25) is 4.79 Å². The van der Waals surface area contributed by atoms with Crippen molar-refractivity contribution in [1.82, 2.24) is 10.6 Å². The molecule has 2 N–H and O–H groups in total. The molecule has 3 nitrogen and oxygen atoms in total. The van der Waals surface area contributed by atoms with Crippen LogP contribution < -0.4 is 10.6 Å². The molecule has 3 rings (SSSR count). The Morgan fingerprint density at radius 1 is 1.35 bits per heavy atom. The molecule has 0 radical (unpaired) electrons. The third-order valence-electron chi connectivity index (χ3n) is 4.74. The molecular formula is C17H23Cl3N2O. The van der Waals surface area contributed by atoms with Crippen LogP contribution in [0, 0.1) is 11.8 Å². The molecule has 0 aromatic heterocycles. The van der Waals surface area contributed by atoms with Crippen molar-refractivity contribution in [3.05, 3.63) is 33.8 Å². The molecule has 3 unspecified atom stereocenters. The van der Waals surface area contributed by atoms with Gasteiger partial charge in [-0.2, -0.15) is 0 Å². The lowest BCUT2D eigenvalue weighted by atomic mass is 9.96. The van der Waals surface area contributed by atoms with Gasteiger partial charge < -0.3 is 10.6 Å². The monoisotopic (exact) mass is 376 g/mol. The van der Waals surface area contributed by atoms with Gasteiger partial charge in [0.05, 0.1) is 0 Å². The number of rotatable bonds is 5. The van der Waals surface area contributed by atoms with E-state index in [1.165, 1.54) is 12.8 Å². The van der Waals surface area contributed by atoms with Gasteiger partial charge in [0.15, 0.2) is 0 Å². The van der Waals surface area contributed by atoms with Crippen LogP contribution in [0.15, 0.2) is 18.2 Å². The van der Waals surface area contributed by atoms with Crippen LogP contribution in [0.4, 0.5) is 0 Å². The molecule has 2 aliphatic rings. The van der Waals surface area contributed by atoms with E-state index in [1.807, 2.05) is 12.1 Å². The molecule has 1 aromatic carbocycles. The molecule has 23 heavy (non-hydrogen) atoms. The van der Waals surface area contributed by atoms with Crippen LogP contribution >= 0.6 is 35.6 Å². The van der Waals surface area contributed by atoms with Crippen molar-refractivity contribution in [3.8, 4) is 0 Å². The second-order valence-electron chi connectivity index (χ2n) is 6.41. The lowest BCUT2D eigenvalue weighted by molar-refractivity contribution is -0.122. The Hall–Kier alpha value is -0.480. The molecule has 0 bridgehead atoms. The number of amides is 1. The van der Waals surface area contributed by atoms with Crippen molar-refractivity contribution < 1.29 is 4.79 Å². The quantitative estimate of drug-likeness (QED) is 0.813. The van der Waals surface area contributed by atoms with Crippen LogP contribution in [-0.4, -0.2) is 25.5 Å². The summed E-state index contributed by atoms with van der Waals surface area (Å²) in [6, 6.07) is 5.53. The fraction of sp³-hybridized carbons (Fsp3) is 0.588. The topological polar surface area (TPSA) is 41.1 Å². The minimum absolute atomic E-state index is 0. The van der Waals surface area contributed by atoms with Gasteiger partial charge in [0.25, 0.3) is 0 Å². The van der Waals surface area contributed by atoms with E-state index in [0.717, 1.165) is 38.0 Å². The highest BCUT2D eigenvalue weighted by Crippen LogP contribution is 2.50. The Balaban J connectivity index is 0.00000192. The molecule has 1 aromatic rings. The average molecular weight is 378 g/mol. The summed E-state index contributed by atoms with van der Waals surface area (Å²) in [5.41, 5.74) is 1.04. The molecule has 1 saturated carbocycles. The first-order valence-corrected chi connectivity index (χ1v) is 8.84. The highest BCUT2D eigenvalue weighted by atomic mass is 35.5. The van der Waals surface area contributed by atoms with Crippen LogP contribution in [0.1, 0.15) is 37.2 Å². The van der Waals surface area contributed by atoms with Crippen molar-refractivity contribution in [2.24, 2.45) is 11.8 Å². The smallest absolute Gasteiger partial charge is 0.223 e. The third-order valence-corrected chi connectivity index (χ3v) is 5.30. The number of carbonyl (C=O) groups is 1. The number of halogens is 3. The van der Waals surface area contributed by atoms with Crippen LogP contribution in [0.2, 0.25) is 10.0 Å². The number of benzene rings is 1. The third kappa shape index (κ3) is 4.99. The van der Waals surface area contributed by atoms with Crippen molar-refractivity contribution in [2.75, 3.05) is 19.6 Å². The second kappa shape index (κ2) is 8.57. The zero-order valence-corrected chi connectivity index (χ0v) is 15.3. The molecule has 128 valence electrons. The molecule has 1 aliphatic carbocycles. The van der Waals surface area contributed by atoms with E-state index in [1.54, 1.807) is 6.07 Å². The minimum Gasteiger partial charge on any atom is -0.356 e. The predicted molar refractivity (Wildman–Crippen MR) is 97.8 cm³/mol. The van der Waals surface area contributed by atoms with Gasteiger partial charge in [-0.25, -0.2) is 0 Å². The van der Waals surface area contributed by atoms with E-state index >= 15 is 0 Å². The Morgan fingerprint density at radius 3 is 2.87 bits per heavy atom. The van der Waals surface area contributed by atoms with E-state index in [2.05, 4.69) is 10.6 Å². The maximum absolute atomic E-state index is 12.2. The molecular weight excluding hydrogens is 355 g/mol. The Kier molecular flexibility index (Phi) is 7.02. The molecule has 1 amide bonds. The van der Waals surface area contributed by atoms with Gasteiger partial charge in [0.2, 0.25) is 5.91 Å². The first-order chi connectivity index (χ1) is 10.6. The zero-order chi connectivity index (χ0) is 15.5. The number of nitrogens with one attached hydrogen (secondary N) is 2.